The largest absolute Gasteiger partial charge is 0.393 e. The molecule has 1 aromatic rings. The van der Waals surface area contributed by atoms with Crippen molar-refractivity contribution in [1.82, 2.24) is 5.32 Å². The van der Waals surface area contributed by atoms with E-state index in [0.29, 0.717) is 6.54 Å². The second-order valence-electron chi connectivity index (χ2n) is 5.86. The van der Waals surface area contributed by atoms with Crippen LogP contribution in [0.1, 0.15) is 25.7 Å². The number of anilines is 1. The van der Waals surface area contributed by atoms with Gasteiger partial charge in [-0.1, -0.05) is 18.6 Å². The van der Waals surface area contributed by atoms with Crippen LogP contribution in [0.2, 0.25) is 0 Å². The summed E-state index contributed by atoms with van der Waals surface area (Å²) in [6, 6.07) is 7.60. The molecule has 2 amide bonds. The third kappa shape index (κ3) is 3.44. The molecule has 1 aliphatic carbocycles. The number of thioether (sulfide) groups is 1. The molecule has 1 fully saturated rings. The number of amides is 2. The van der Waals surface area contributed by atoms with E-state index in [1.165, 1.54) is 11.8 Å². The molecule has 1 heterocycles. The van der Waals surface area contributed by atoms with Crippen LogP contribution < -0.4 is 10.6 Å². The summed E-state index contributed by atoms with van der Waals surface area (Å²) in [6.07, 6.45) is 2.64. The number of carbonyl (C=O) groups is 2. The molecular formula is C16H20N2O3S. The number of hydrogen-bond donors (Lipinski definition) is 3. The molecule has 0 bridgehead atoms. The van der Waals surface area contributed by atoms with Gasteiger partial charge in [-0.15, -0.1) is 11.8 Å². The Kier molecular flexibility index (Phi) is 4.69. The first kappa shape index (κ1) is 15.4. The normalized spacial score (nSPS) is 27.1. The molecule has 3 atom stereocenters. The lowest BCUT2D eigenvalue weighted by Crippen LogP contribution is -2.37. The number of hydrogen-bond acceptors (Lipinski definition) is 4. The first-order valence-corrected chi connectivity index (χ1v) is 8.53. The Balaban J connectivity index is 1.52. The van der Waals surface area contributed by atoms with Crippen molar-refractivity contribution in [3.63, 3.8) is 0 Å². The minimum atomic E-state index is -0.400. The number of nitrogens with one attached hydrogen (secondary N) is 2. The van der Waals surface area contributed by atoms with E-state index >= 15 is 0 Å². The third-order valence-corrected chi connectivity index (χ3v) is 5.53. The molecule has 3 N–H and O–H groups in total. The topological polar surface area (TPSA) is 78.4 Å². The van der Waals surface area contributed by atoms with Gasteiger partial charge in [-0.05, 0) is 25.0 Å². The third-order valence-electron chi connectivity index (χ3n) is 4.26. The average molecular weight is 320 g/mol. The predicted octanol–water partition coefficient (Wildman–Crippen LogP) is 1.77. The molecular weight excluding hydrogens is 300 g/mol. The van der Waals surface area contributed by atoms with Gasteiger partial charge < -0.3 is 15.7 Å². The van der Waals surface area contributed by atoms with Gasteiger partial charge in [-0.3, -0.25) is 9.59 Å². The van der Waals surface area contributed by atoms with Gasteiger partial charge in [-0.2, -0.15) is 0 Å². The van der Waals surface area contributed by atoms with E-state index in [1.54, 1.807) is 0 Å². The van der Waals surface area contributed by atoms with Crippen molar-refractivity contribution in [3.8, 4) is 0 Å². The molecule has 6 heteroatoms. The van der Waals surface area contributed by atoms with Crippen LogP contribution in [0.25, 0.3) is 0 Å². The molecule has 1 saturated carbocycles. The average Bonchev–Trinajstić information content (AvgIpc) is 2.91. The lowest BCUT2D eigenvalue weighted by molar-refractivity contribution is -0.124. The maximum atomic E-state index is 12.1. The Labute approximate surface area is 133 Å². The minimum Gasteiger partial charge on any atom is -0.393 e. The lowest BCUT2D eigenvalue weighted by Gasteiger charge is -2.24. The summed E-state index contributed by atoms with van der Waals surface area (Å²) < 4.78 is 0. The van der Waals surface area contributed by atoms with Gasteiger partial charge >= 0.3 is 0 Å². The van der Waals surface area contributed by atoms with E-state index in [4.69, 9.17) is 0 Å². The molecule has 118 valence electrons. The van der Waals surface area contributed by atoms with Crippen LogP contribution in [-0.4, -0.2) is 34.8 Å². The van der Waals surface area contributed by atoms with E-state index in [2.05, 4.69) is 10.6 Å². The highest BCUT2D eigenvalue weighted by Crippen LogP contribution is 2.36. The number of carbonyl (C=O) groups excluding carboxylic acids is 2. The standard InChI is InChI=1S/C16H20N2O3S/c19-12-6-3-4-10(12)9-17-15(20)8-14-16(21)18-11-5-1-2-7-13(11)22-14/h1-2,5,7,10,12,14,19H,3-4,6,8-9H2,(H,17,20)(H,18,21)/t10-,12+,14+/m1/s1. The number of benzene rings is 1. The van der Waals surface area contributed by atoms with Crippen molar-refractivity contribution in [2.45, 2.75) is 41.9 Å². The van der Waals surface area contributed by atoms with Crippen LogP contribution >= 0.6 is 11.8 Å². The monoisotopic (exact) mass is 320 g/mol. The summed E-state index contributed by atoms with van der Waals surface area (Å²) in [5.74, 6) is -0.108. The van der Waals surface area contributed by atoms with Crippen molar-refractivity contribution in [2.75, 3.05) is 11.9 Å². The lowest BCUT2D eigenvalue weighted by atomic mass is 10.1. The minimum absolute atomic E-state index is 0.125. The fourth-order valence-corrected chi connectivity index (χ4v) is 4.08. The quantitative estimate of drug-likeness (QED) is 0.790. The summed E-state index contributed by atoms with van der Waals surface area (Å²) in [6.45, 7) is 0.496. The fourth-order valence-electron chi connectivity index (χ4n) is 2.97. The highest BCUT2D eigenvalue weighted by Gasteiger charge is 2.30. The summed E-state index contributed by atoms with van der Waals surface area (Å²) in [7, 11) is 0. The van der Waals surface area contributed by atoms with Crippen molar-refractivity contribution >= 4 is 29.3 Å². The first-order valence-electron chi connectivity index (χ1n) is 7.65. The summed E-state index contributed by atoms with van der Waals surface area (Å²) >= 11 is 1.43. The van der Waals surface area contributed by atoms with Gasteiger partial charge in [0.1, 0.15) is 0 Å². The summed E-state index contributed by atoms with van der Waals surface area (Å²) in [4.78, 5) is 25.1. The van der Waals surface area contributed by atoms with E-state index < -0.39 is 5.25 Å². The Bertz CT molecular complexity index is 578. The molecule has 1 aromatic carbocycles. The molecule has 22 heavy (non-hydrogen) atoms. The van der Waals surface area contributed by atoms with Crippen molar-refractivity contribution < 1.29 is 14.7 Å². The molecule has 0 radical (unpaired) electrons. The zero-order valence-electron chi connectivity index (χ0n) is 12.2. The van der Waals surface area contributed by atoms with Crippen LogP contribution in [0.15, 0.2) is 29.2 Å². The Morgan fingerprint density at radius 1 is 1.36 bits per heavy atom. The smallest absolute Gasteiger partial charge is 0.238 e. The first-order chi connectivity index (χ1) is 10.6. The SMILES string of the molecule is O=C(C[C@@H]1Sc2ccccc2NC1=O)NC[C@H]1CCC[C@@H]1O. The van der Waals surface area contributed by atoms with Gasteiger partial charge in [0.15, 0.2) is 0 Å². The van der Waals surface area contributed by atoms with E-state index in [-0.39, 0.29) is 30.3 Å². The Morgan fingerprint density at radius 2 is 2.18 bits per heavy atom. The van der Waals surface area contributed by atoms with Gasteiger partial charge in [0, 0.05) is 23.8 Å². The van der Waals surface area contributed by atoms with Gasteiger partial charge in [-0.25, -0.2) is 0 Å². The molecule has 5 nitrogen and oxygen atoms in total. The predicted molar refractivity (Wildman–Crippen MR) is 85.7 cm³/mol. The zero-order valence-corrected chi connectivity index (χ0v) is 13.1. The van der Waals surface area contributed by atoms with Crippen LogP contribution in [-0.2, 0) is 9.59 Å². The number of fused-ring (bicyclic) bond motifs is 1. The van der Waals surface area contributed by atoms with Gasteiger partial charge in [0.05, 0.1) is 17.0 Å². The van der Waals surface area contributed by atoms with Crippen LogP contribution in [0.4, 0.5) is 5.69 Å². The zero-order chi connectivity index (χ0) is 15.5. The molecule has 0 aromatic heterocycles. The van der Waals surface area contributed by atoms with Gasteiger partial charge in [0.25, 0.3) is 0 Å². The molecule has 0 saturated heterocycles. The fraction of sp³-hybridized carbons (Fsp3) is 0.500. The van der Waals surface area contributed by atoms with Gasteiger partial charge in [0.2, 0.25) is 11.8 Å². The maximum Gasteiger partial charge on any atom is 0.238 e. The molecule has 0 unspecified atom stereocenters. The number of para-hydroxylation sites is 1. The van der Waals surface area contributed by atoms with E-state index in [1.807, 2.05) is 24.3 Å². The number of aliphatic hydroxyl groups is 1. The molecule has 3 rings (SSSR count). The van der Waals surface area contributed by atoms with Crippen LogP contribution in [0.3, 0.4) is 0 Å². The number of rotatable bonds is 4. The Morgan fingerprint density at radius 3 is 2.95 bits per heavy atom. The summed E-state index contributed by atoms with van der Waals surface area (Å²) in [5, 5.41) is 15.0. The maximum absolute atomic E-state index is 12.1. The molecule has 1 aliphatic heterocycles. The highest BCUT2D eigenvalue weighted by molar-refractivity contribution is 8.01. The van der Waals surface area contributed by atoms with Crippen LogP contribution in [0.5, 0.6) is 0 Å². The Hall–Kier alpha value is -1.53. The van der Waals surface area contributed by atoms with E-state index in [0.717, 1.165) is 29.8 Å². The highest BCUT2D eigenvalue weighted by atomic mass is 32.2. The summed E-state index contributed by atoms with van der Waals surface area (Å²) in [5.41, 5.74) is 0.809. The van der Waals surface area contributed by atoms with Crippen molar-refractivity contribution in [2.24, 2.45) is 5.92 Å². The van der Waals surface area contributed by atoms with Crippen LogP contribution in [0, 0.1) is 5.92 Å². The number of aliphatic hydroxyl groups excluding tert-OH is 1. The molecule has 2 aliphatic rings. The van der Waals surface area contributed by atoms with Crippen molar-refractivity contribution in [3.05, 3.63) is 24.3 Å². The molecule has 0 spiro atoms. The second kappa shape index (κ2) is 6.71. The van der Waals surface area contributed by atoms with Crippen molar-refractivity contribution in [1.29, 1.82) is 0 Å². The second-order valence-corrected chi connectivity index (χ2v) is 7.10. The van der Waals surface area contributed by atoms with E-state index in [9.17, 15) is 14.7 Å².